The van der Waals surface area contributed by atoms with Crippen LogP contribution in [0.5, 0.6) is 0 Å². The molecule has 1 fully saturated rings. The van der Waals surface area contributed by atoms with Gasteiger partial charge in [0.1, 0.15) is 0 Å². The number of nitrogens with one attached hydrogen (secondary N) is 1. The molecule has 3 rings (SSSR count). The molecule has 1 aliphatic rings. The molecule has 2 aromatic rings. The number of β-amino-alcohol motifs (C(OH)–C–C–N with tert-alkyl or cyclic N) is 1. The van der Waals surface area contributed by atoms with Crippen molar-refractivity contribution in [1.82, 2.24) is 15.2 Å². The molecule has 0 aliphatic carbocycles. The van der Waals surface area contributed by atoms with Gasteiger partial charge in [-0.15, -0.1) is 11.3 Å². The second-order valence-corrected chi connectivity index (χ2v) is 7.73. The van der Waals surface area contributed by atoms with Crippen molar-refractivity contribution in [2.75, 3.05) is 13.1 Å². The van der Waals surface area contributed by atoms with E-state index in [0.29, 0.717) is 30.6 Å². The molecule has 0 saturated carbocycles. The average Bonchev–Trinajstić information content (AvgIpc) is 3.02. The van der Waals surface area contributed by atoms with Crippen LogP contribution in [0.4, 0.5) is 0 Å². The van der Waals surface area contributed by atoms with Gasteiger partial charge in [0.25, 0.3) is 5.91 Å². The van der Waals surface area contributed by atoms with Gasteiger partial charge in [0.05, 0.1) is 22.8 Å². The van der Waals surface area contributed by atoms with Crippen LogP contribution in [0.3, 0.4) is 0 Å². The highest BCUT2D eigenvalue weighted by atomic mass is 32.1. The largest absolute Gasteiger partial charge is 0.390 e. The molecule has 6 nitrogen and oxygen atoms in total. The summed E-state index contributed by atoms with van der Waals surface area (Å²) >= 11 is 1.62. The Morgan fingerprint density at radius 2 is 2.15 bits per heavy atom. The van der Waals surface area contributed by atoms with E-state index in [2.05, 4.69) is 15.2 Å². The third kappa shape index (κ3) is 4.55. The molecule has 26 heavy (non-hydrogen) atoms. The third-order valence-electron chi connectivity index (χ3n) is 4.57. The number of benzene rings is 1. The summed E-state index contributed by atoms with van der Waals surface area (Å²) in [4.78, 5) is 30.5. The van der Waals surface area contributed by atoms with Crippen LogP contribution in [0.15, 0.2) is 29.6 Å². The monoisotopic (exact) mass is 373 g/mol. The number of ketones is 1. The van der Waals surface area contributed by atoms with Gasteiger partial charge in [-0.1, -0.05) is 12.1 Å². The predicted octanol–water partition coefficient (Wildman–Crippen LogP) is 2.02. The number of aliphatic hydroxyl groups excluding tert-OH is 1. The van der Waals surface area contributed by atoms with Crippen molar-refractivity contribution < 1.29 is 14.7 Å². The summed E-state index contributed by atoms with van der Waals surface area (Å²) in [6.07, 6.45) is 0.0334. The second-order valence-electron chi connectivity index (χ2n) is 6.67. The highest BCUT2D eigenvalue weighted by Crippen LogP contribution is 2.17. The Hall–Kier alpha value is -2.09. The summed E-state index contributed by atoms with van der Waals surface area (Å²) in [5.41, 5.74) is 1.96. The second kappa shape index (κ2) is 8.07. The summed E-state index contributed by atoms with van der Waals surface area (Å²) in [6, 6.07) is 6.35. The van der Waals surface area contributed by atoms with Crippen molar-refractivity contribution in [1.29, 1.82) is 0 Å². The number of amides is 1. The lowest BCUT2D eigenvalue weighted by atomic mass is 10.0. The number of nitrogens with zero attached hydrogens (tertiary/aromatic N) is 2. The number of aryl methyl sites for hydroxylation is 1. The van der Waals surface area contributed by atoms with Crippen LogP contribution in [-0.4, -0.2) is 51.9 Å². The maximum atomic E-state index is 12.5. The van der Waals surface area contributed by atoms with E-state index in [4.69, 9.17) is 0 Å². The summed E-state index contributed by atoms with van der Waals surface area (Å²) in [5, 5.41) is 16.4. The van der Waals surface area contributed by atoms with Crippen LogP contribution in [0.25, 0.3) is 0 Å². The zero-order valence-corrected chi connectivity index (χ0v) is 15.8. The van der Waals surface area contributed by atoms with E-state index >= 15 is 0 Å². The maximum absolute atomic E-state index is 12.5. The van der Waals surface area contributed by atoms with Gasteiger partial charge >= 0.3 is 0 Å². The molecule has 2 N–H and O–H groups in total. The van der Waals surface area contributed by atoms with Gasteiger partial charge in [0.2, 0.25) is 0 Å². The molecule has 1 saturated heterocycles. The number of aliphatic hydroxyl groups is 1. The minimum atomic E-state index is -0.636. The van der Waals surface area contributed by atoms with E-state index in [-0.39, 0.29) is 17.7 Å². The lowest BCUT2D eigenvalue weighted by Crippen LogP contribution is -2.53. The van der Waals surface area contributed by atoms with Crippen molar-refractivity contribution in [3.63, 3.8) is 0 Å². The first-order valence-corrected chi connectivity index (χ1v) is 9.53. The van der Waals surface area contributed by atoms with Gasteiger partial charge in [0, 0.05) is 36.1 Å². The van der Waals surface area contributed by atoms with Gasteiger partial charge in [-0.3, -0.25) is 14.5 Å². The minimum absolute atomic E-state index is 0.0785. The highest BCUT2D eigenvalue weighted by molar-refractivity contribution is 7.09. The number of piperidine rings is 1. The topological polar surface area (TPSA) is 82.5 Å². The minimum Gasteiger partial charge on any atom is -0.390 e. The molecule has 0 spiro atoms. The smallest absolute Gasteiger partial charge is 0.251 e. The number of hydrogen-bond acceptors (Lipinski definition) is 6. The fourth-order valence-corrected chi connectivity index (χ4v) is 3.75. The fourth-order valence-electron chi connectivity index (χ4n) is 3.15. The summed E-state index contributed by atoms with van der Waals surface area (Å²) in [6.45, 7) is 5.44. The van der Waals surface area contributed by atoms with Crippen molar-refractivity contribution >= 4 is 23.0 Å². The van der Waals surface area contributed by atoms with Crippen LogP contribution in [0.2, 0.25) is 0 Å². The number of thiazole rings is 1. The van der Waals surface area contributed by atoms with E-state index in [0.717, 1.165) is 17.2 Å². The summed E-state index contributed by atoms with van der Waals surface area (Å²) < 4.78 is 0. The van der Waals surface area contributed by atoms with Gasteiger partial charge < -0.3 is 10.4 Å². The summed E-state index contributed by atoms with van der Waals surface area (Å²) in [5.74, 6) is -0.342. The Bertz CT molecular complexity index is 805. The first-order valence-electron chi connectivity index (χ1n) is 8.65. The van der Waals surface area contributed by atoms with E-state index < -0.39 is 6.10 Å². The van der Waals surface area contributed by atoms with Crippen molar-refractivity contribution in [3.05, 3.63) is 51.5 Å². The molecule has 138 valence electrons. The third-order valence-corrected chi connectivity index (χ3v) is 5.39. The standard InChI is InChI=1S/C19H23N3O3S/c1-12(23)14-4-3-5-15(8-14)19(25)21-17-6-7-22(10-18(17)24)9-16-11-26-13(2)20-16/h3-5,8,11,17-18,24H,6-7,9-10H2,1-2H3,(H,21,25). The zero-order valence-electron chi connectivity index (χ0n) is 14.9. The first kappa shape index (κ1) is 18.7. The summed E-state index contributed by atoms with van der Waals surface area (Å²) in [7, 11) is 0. The lowest BCUT2D eigenvalue weighted by molar-refractivity contribution is 0.0346. The number of likely N-dealkylation sites (tertiary alicyclic amines) is 1. The van der Waals surface area contributed by atoms with Crippen molar-refractivity contribution in [2.24, 2.45) is 0 Å². The van der Waals surface area contributed by atoms with E-state index in [1.165, 1.54) is 6.92 Å². The Balaban J connectivity index is 1.57. The number of carbonyl (C=O) groups is 2. The first-order chi connectivity index (χ1) is 12.4. The van der Waals surface area contributed by atoms with Crippen LogP contribution in [0, 0.1) is 6.92 Å². The lowest BCUT2D eigenvalue weighted by Gasteiger charge is -2.36. The Labute approximate surface area is 156 Å². The van der Waals surface area contributed by atoms with Crippen LogP contribution in [-0.2, 0) is 6.54 Å². The van der Waals surface area contributed by atoms with Crippen LogP contribution >= 0.6 is 11.3 Å². The molecule has 2 unspecified atom stereocenters. The maximum Gasteiger partial charge on any atom is 0.251 e. The molecule has 7 heteroatoms. The Kier molecular flexibility index (Phi) is 5.80. The molecule has 0 bridgehead atoms. The highest BCUT2D eigenvalue weighted by Gasteiger charge is 2.29. The predicted molar refractivity (Wildman–Crippen MR) is 100 cm³/mol. The normalized spacial score (nSPS) is 20.7. The van der Waals surface area contributed by atoms with Crippen molar-refractivity contribution in [2.45, 2.75) is 39.0 Å². The molecule has 1 aromatic carbocycles. The molecule has 0 radical (unpaired) electrons. The Morgan fingerprint density at radius 1 is 1.38 bits per heavy atom. The number of carbonyl (C=O) groups excluding carboxylic acids is 2. The van der Waals surface area contributed by atoms with Gasteiger partial charge in [-0.25, -0.2) is 4.98 Å². The zero-order chi connectivity index (χ0) is 18.7. The molecule has 1 aromatic heterocycles. The SMILES string of the molecule is CC(=O)c1cccc(C(=O)NC2CCN(Cc3csc(C)n3)CC2O)c1. The number of rotatable bonds is 5. The van der Waals surface area contributed by atoms with Crippen LogP contribution < -0.4 is 5.32 Å². The van der Waals surface area contributed by atoms with E-state index in [9.17, 15) is 14.7 Å². The molecule has 1 aliphatic heterocycles. The van der Waals surface area contributed by atoms with Gasteiger partial charge in [0.15, 0.2) is 5.78 Å². The van der Waals surface area contributed by atoms with Gasteiger partial charge in [-0.2, -0.15) is 0 Å². The Morgan fingerprint density at radius 3 is 2.81 bits per heavy atom. The average molecular weight is 373 g/mol. The molecular weight excluding hydrogens is 350 g/mol. The number of Topliss-reactive ketones (excluding diaryl/α,β-unsaturated/α-hetero) is 1. The molecule has 1 amide bonds. The van der Waals surface area contributed by atoms with Crippen molar-refractivity contribution in [3.8, 4) is 0 Å². The quantitative estimate of drug-likeness (QED) is 0.784. The molecular formula is C19H23N3O3S. The number of aromatic nitrogens is 1. The number of hydrogen-bond donors (Lipinski definition) is 2. The van der Waals surface area contributed by atoms with Crippen LogP contribution in [0.1, 0.15) is 44.8 Å². The molecule has 2 heterocycles. The molecule has 2 atom stereocenters. The fraction of sp³-hybridized carbons (Fsp3) is 0.421. The van der Waals surface area contributed by atoms with E-state index in [1.54, 1.807) is 35.6 Å². The van der Waals surface area contributed by atoms with E-state index in [1.807, 2.05) is 12.3 Å². The van der Waals surface area contributed by atoms with Gasteiger partial charge in [-0.05, 0) is 32.4 Å².